The molecule has 0 radical (unpaired) electrons. The van der Waals surface area contributed by atoms with Gasteiger partial charge in [0.2, 0.25) is 0 Å². The fourth-order valence-electron chi connectivity index (χ4n) is 2.05. The van der Waals surface area contributed by atoms with Crippen molar-refractivity contribution in [1.82, 2.24) is 0 Å². The molecule has 0 fully saturated rings. The van der Waals surface area contributed by atoms with Crippen LogP contribution in [0.5, 0.6) is 0 Å². The van der Waals surface area contributed by atoms with Crippen molar-refractivity contribution in [1.29, 1.82) is 0 Å². The van der Waals surface area contributed by atoms with Gasteiger partial charge in [0.1, 0.15) is 0 Å². The SMILES string of the molecule is CCCCCC/C=C\CCCCCCCC(=O)OP. The smallest absolute Gasteiger partial charge is 0.307 e. The molecule has 0 saturated carbocycles. The molecule has 1 unspecified atom stereocenters. The van der Waals surface area contributed by atoms with Gasteiger partial charge in [-0.25, -0.2) is 0 Å². The molecule has 0 N–H and O–H groups in total. The molecule has 0 aromatic heterocycles. The Morgan fingerprint density at radius 3 is 2.00 bits per heavy atom. The lowest BCUT2D eigenvalue weighted by atomic mass is 10.1. The molecule has 1 atom stereocenters. The number of allylic oxidation sites excluding steroid dienone is 2. The number of carbonyl (C=O) groups excluding carboxylic acids is 1. The van der Waals surface area contributed by atoms with Gasteiger partial charge >= 0.3 is 5.97 Å². The molecule has 0 amide bonds. The van der Waals surface area contributed by atoms with E-state index in [9.17, 15) is 4.79 Å². The standard InChI is InChI=1S/C16H31O2P/c1-2-3-4-5-6-7-8-9-10-11-12-13-14-15-16(17)18-19/h7-8H,2-6,9-15,19H2,1H3/b8-7-. The van der Waals surface area contributed by atoms with Crippen molar-refractivity contribution in [3.63, 3.8) is 0 Å². The van der Waals surface area contributed by atoms with Crippen molar-refractivity contribution >= 4 is 15.4 Å². The van der Waals surface area contributed by atoms with E-state index in [4.69, 9.17) is 0 Å². The quantitative estimate of drug-likeness (QED) is 0.251. The third-order valence-electron chi connectivity index (χ3n) is 3.27. The number of hydrogen-bond donors (Lipinski definition) is 0. The van der Waals surface area contributed by atoms with E-state index < -0.39 is 0 Å². The summed E-state index contributed by atoms with van der Waals surface area (Å²) in [4.78, 5) is 10.9. The van der Waals surface area contributed by atoms with E-state index in [1.165, 1.54) is 57.8 Å². The Labute approximate surface area is 121 Å². The molecule has 0 heterocycles. The van der Waals surface area contributed by atoms with Crippen LogP contribution in [0.3, 0.4) is 0 Å². The molecule has 3 heteroatoms. The van der Waals surface area contributed by atoms with Gasteiger partial charge in [-0.05, 0) is 32.1 Å². The van der Waals surface area contributed by atoms with Crippen LogP contribution in [0.2, 0.25) is 0 Å². The van der Waals surface area contributed by atoms with E-state index in [0.717, 1.165) is 12.8 Å². The predicted octanol–water partition coefficient (Wildman–Crippen LogP) is 5.58. The maximum absolute atomic E-state index is 10.9. The summed E-state index contributed by atoms with van der Waals surface area (Å²) < 4.78 is 4.53. The summed E-state index contributed by atoms with van der Waals surface area (Å²) in [6, 6.07) is 0. The second-order valence-corrected chi connectivity index (χ2v) is 5.35. The van der Waals surface area contributed by atoms with Crippen molar-refractivity contribution in [3.8, 4) is 0 Å². The Kier molecular flexibility index (Phi) is 15.4. The number of carbonyl (C=O) groups is 1. The van der Waals surface area contributed by atoms with Gasteiger partial charge in [0, 0.05) is 6.42 Å². The van der Waals surface area contributed by atoms with Gasteiger partial charge < -0.3 is 4.52 Å². The van der Waals surface area contributed by atoms with Crippen molar-refractivity contribution in [2.75, 3.05) is 0 Å². The van der Waals surface area contributed by atoms with E-state index in [2.05, 4.69) is 23.6 Å². The van der Waals surface area contributed by atoms with E-state index in [-0.39, 0.29) is 5.97 Å². The molecule has 0 bridgehead atoms. The van der Waals surface area contributed by atoms with Crippen molar-refractivity contribution in [2.24, 2.45) is 0 Å². The molecule has 0 rings (SSSR count). The van der Waals surface area contributed by atoms with E-state index in [1.807, 2.05) is 9.47 Å². The highest BCUT2D eigenvalue weighted by atomic mass is 31.0. The lowest BCUT2D eigenvalue weighted by Gasteiger charge is -2.00. The van der Waals surface area contributed by atoms with Crippen LogP contribution in [0.15, 0.2) is 12.2 Å². The average molecular weight is 286 g/mol. The van der Waals surface area contributed by atoms with Gasteiger partial charge in [-0.1, -0.05) is 57.6 Å². The molecule has 2 nitrogen and oxygen atoms in total. The zero-order chi connectivity index (χ0) is 14.2. The lowest BCUT2D eigenvalue weighted by Crippen LogP contribution is -1.95. The molecule has 0 aromatic rings. The minimum atomic E-state index is -0.115. The minimum absolute atomic E-state index is 0.115. The summed E-state index contributed by atoms with van der Waals surface area (Å²) in [5, 5.41) is 0. The first-order valence-corrected chi connectivity index (χ1v) is 8.33. The second-order valence-electron chi connectivity index (χ2n) is 5.12. The normalized spacial score (nSPS) is 11.1. The Morgan fingerprint density at radius 2 is 1.42 bits per heavy atom. The third kappa shape index (κ3) is 15.6. The summed E-state index contributed by atoms with van der Waals surface area (Å²) in [6.07, 6.45) is 19.0. The first-order chi connectivity index (χ1) is 9.31. The molecule has 0 aromatic carbocycles. The summed E-state index contributed by atoms with van der Waals surface area (Å²) in [6.45, 7) is 2.25. The lowest BCUT2D eigenvalue weighted by molar-refractivity contribution is -0.133. The van der Waals surface area contributed by atoms with Crippen molar-refractivity contribution in [3.05, 3.63) is 12.2 Å². The average Bonchev–Trinajstić information content (AvgIpc) is 2.43. The van der Waals surface area contributed by atoms with Crippen LogP contribution in [-0.4, -0.2) is 5.97 Å². The highest BCUT2D eigenvalue weighted by Crippen LogP contribution is 2.09. The number of hydrogen-bond acceptors (Lipinski definition) is 2. The Bertz CT molecular complexity index is 227. The van der Waals surface area contributed by atoms with Gasteiger partial charge in [-0.15, -0.1) is 0 Å². The largest absolute Gasteiger partial charge is 0.452 e. The van der Waals surface area contributed by atoms with Crippen LogP contribution in [0.25, 0.3) is 0 Å². The molecule has 0 aliphatic heterocycles. The van der Waals surface area contributed by atoms with E-state index >= 15 is 0 Å². The Morgan fingerprint density at radius 1 is 0.895 bits per heavy atom. The zero-order valence-corrected chi connectivity index (χ0v) is 13.7. The van der Waals surface area contributed by atoms with Crippen LogP contribution >= 0.6 is 9.47 Å². The van der Waals surface area contributed by atoms with Gasteiger partial charge in [0.15, 0.2) is 0 Å². The second kappa shape index (κ2) is 15.7. The summed E-state index contributed by atoms with van der Waals surface area (Å²) in [7, 11) is 2.01. The molecule has 0 saturated heterocycles. The molecule has 0 aliphatic rings. The Hall–Kier alpha value is -0.360. The first kappa shape index (κ1) is 18.6. The topological polar surface area (TPSA) is 26.3 Å². The maximum atomic E-state index is 10.9. The summed E-state index contributed by atoms with van der Waals surface area (Å²) in [5.74, 6) is -0.115. The van der Waals surface area contributed by atoms with Crippen molar-refractivity contribution in [2.45, 2.75) is 84.0 Å². The molecule has 0 aliphatic carbocycles. The van der Waals surface area contributed by atoms with Crippen LogP contribution in [0.1, 0.15) is 84.0 Å². The van der Waals surface area contributed by atoms with Crippen LogP contribution in [-0.2, 0) is 9.32 Å². The molecular weight excluding hydrogens is 255 g/mol. The van der Waals surface area contributed by atoms with Gasteiger partial charge in [0.05, 0.1) is 9.47 Å². The molecular formula is C16H31O2P. The highest BCUT2D eigenvalue weighted by molar-refractivity contribution is 7.10. The van der Waals surface area contributed by atoms with E-state index in [0.29, 0.717) is 6.42 Å². The Balaban J connectivity index is 3.09. The van der Waals surface area contributed by atoms with E-state index in [1.54, 1.807) is 0 Å². The van der Waals surface area contributed by atoms with Gasteiger partial charge in [0.25, 0.3) is 0 Å². The zero-order valence-electron chi connectivity index (χ0n) is 12.5. The first-order valence-electron chi connectivity index (χ1n) is 7.85. The number of unbranched alkanes of at least 4 members (excludes halogenated alkanes) is 9. The molecule has 112 valence electrons. The summed E-state index contributed by atoms with van der Waals surface area (Å²) in [5.41, 5.74) is 0. The maximum Gasteiger partial charge on any atom is 0.307 e. The van der Waals surface area contributed by atoms with Gasteiger partial charge in [-0.3, -0.25) is 4.79 Å². The molecule has 0 spiro atoms. The van der Waals surface area contributed by atoms with Gasteiger partial charge in [-0.2, -0.15) is 0 Å². The van der Waals surface area contributed by atoms with Crippen LogP contribution < -0.4 is 0 Å². The third-order valence-corrected chi connectivity index (χ3v) is 3.54. The predicted molar refractivity (Wildman–Crippen MR) is 86.0 cm³/mol. The van der Waals surface area contributed by atoms with Crippen LogP contribution in [0.4, 0.5) is 0 Å². The highest BCUT2D eigenvalue weighted by Gasteiger charge is 1.98. The number of rotatable bonds is 13. The van der Waals surface area contributed by atoms with Crippen molar-refractivity contribution < 1.29 is 9.32 Å². The minimum Gasteiger partial charge on any atom is -0.452 e. The van der Waals surface area contributed by atoms with Crippen LogP contribution in [0, 0.1) is 0 Å². The molecule has 19 heavy (non-hydrogen) atoms. The summed E-state index contributed by atoms with van der Waals surface area (Å²) >= 11 is 0. The fourth-order valence-corrected chi connectivity index (χ4v) is 2.16. The monoisotopic (exact) mass is 286 g/mol. The fraction of sp³-hybridized carbons (Fsp3) is 0.812.